The van der Waals surface area contributed by atoms with E-state index in [1.165, 1.54) is 55.5 Å². The smallest absolute Gasteiger partial charge is 0.336 e. The number of hydrogen-bond acceptors (Lipinski definition) is 5. The molecule has 0 heterocycles. The number of hydrogen-bond donors (Lipinski definition) is 2. The fraction of sp³-hybridized carbons (Fsp3) is 0.0909. The Kier molecular flexibility index (Phi) is 5.81. The summed E-state index contributed by atoms with van der Waals surface area (Å²) in [6, 6.07) is 11.6. The van der Waals surface area contributed by atoms with E-state index in [-0.39, 0.29) is 44.2 Å². The van der Waals surface area contributed by atoms with Crippen molar-refractivity contribution < 1.29 is 37.3 Å². The first-order chi connectivity index (χ1) is 14.5. The van der Waals surface area contributed by atoms with E-state index in [4.69, 9.17) is 4.74 Å². The van der Waals surface area contributed by atoms with Crippen LogP contribution >= 0.6 is 0 Å². The molecule has 0 saturated carbocycles. The number of carboxylic acid groups (broad SMARTS) is 2. The van der Waals surface area contributed by atoms with E-state index < -0.39 is 27.6 Å². The number of para-hydroxylation sites is 1. The molecule has 0 fully saturated rings. The maximum absolute atomic E-state index is 14.1. The zero-order chi connectivity index (χ0) is 22.9. The number of benzene rings is 3. The van der Waals surface area contributed by atoms with Crippen molar-refractivity contribution in [3.8, 4) is 22.6 Å². The highest BCUT2D eigenvalue weighted by atomic mass is 32.2. The quantitative estimate of drug-likeness (QED) is 0.579. The van der Waals surface area contributed by atoms with Crippen LogP contribution in [0.3, 0.4) is 0 Å². The van der Waals surface area contributed by atoms with Crippen molar-refractivity contribution in [3.05, 3.63) is 77.1 Å². The molecule has 9 heteroatoms. The molecule has 0 aliphatic heterocycles. The fourth-order valence-corrected chi connectivity index (χ4v) is 3.67. The third-order valence-corrected chi connectivity index (χ3v) is 5.66. The summed E-state index contributed by atoms with van der Waals surface area (Å²) in [4.78, 5) is 23.2. The predicted molar refractivity (Wildman–Crippen MR) is 110 cm³/mol. The topological polar surface area (TPSA) is 118 Å². The van der Waals surface area contributed by atoms with Crippen molar-refractivity contribution in [2.24, 2.45) is 0 Å². The van der Waals surface area contributed by atoms with E-state index >= 15 is 0 Å². The molecule has 3 aromatic carbocycles. The normalized spacial score (nSPS) is 11.2. The average Bonchev–Trinajstić information content (AvgIpc) is 2.68. The minimum atomic E-state index is -3.67. The minimum absolute atomic E-state index is 0.00229. The molecule has 0 aliphatic carbocycles. The fourth-order valence-electron chi connectivity index (χ4n) is 3.02. The van der Waals surface area contributed by atoms with Gasteiger partial charge in [-0.2, -0.15) is 0 Å². The van der Waals surface area contributed by atoms with Crippen molar-refractivity contribution in [3.63, 3.8) is 0 Å². The van der Waals surface area contributed by atoms with Gasteiger partial charge in [0, 0.05) is 17.4 Å². The number of aryl methyl sites for hydroxylation is 1. The molecule has 0 amide bonds. The first-order valence-electron chi connectivity index (χ1n) is 8.87. The van der Waals surface area contributed by atoms with Gasteiger partial charge in [-0.05, 0) is 55.0 Å². The molecule has 0 spiro atoms. The van der Waals surface area contributed by atoms with Gasteiger partial charge in [-0.25, -0.2) is 22.4 Å². The van der Waals surface area contributed by atoms with E-state index in [0.29, 0.717) is 0 Å². The Morgan fingerprint density at radius 1 is 0.871 bits per heavy atom. The van der Waals surface area contributed by atoms with Gasteiger partial charge in [-0.3, -0.25) is 0 Å². The molecule has 0 bridgehead atoms. The zero-order valence-electron chi connectivity index (χ0n) is 16.4. The van der Waals surface area contributed by atoms with E-state index in [9.17, 15) is 32.6 Å². The lowest BCUT2D eigenvalue weighted by molar-refractivity contribution is 0.0695. The molecule has 0 atom stereocenters. The Balaban J connectivity index is 2.32. The van der Waals surface area contributed by atoms with Gasteiger partial charge in [0.05, 0.1) is 16.0 Å². The summed E-state index contributed by atoms with van der Waals surface area (Å²) in [7, 11) is -3.67. The molecule has 160 valence electrons. The number of carboxylic acids is 2. The van der Waals surface area contributed by atoms with Crippen molar-refractivity contribution in [1.29, 1.82) is 0 Å². The van der Waals surface area contributed by atoms with Crippen LogP contribution in [0.15, 0.2) is 59.5 Å². The van der Waals surface area contributed by atoms with Crippen LogP contribution in [0.2, 0.25) is 0 Å². The lowest BCUT2D eigenvalue weighted by atomic mass is 9.93. The van der Waals surface area contributed by atoms with Crippen LogP contribution in [0, 0.1) is 12.7 Å². The highest BCUT2D eigenvalue weighted by molar-refractivity contribution is 7.90. The molecule has 0 saturated heterocycles. The van der Waals surface area contributed by atoms with Crippen LogP contribution in [0.4, 0.5) is 4.39 Å². The van der Waals surface area contributed by atoms with E-state index in [1.54, 1.807) is 0 Å². The minimum Gasteiger partial charge on any atom is -0.478 e. The summed E-state index contributed by atoms with van der Waals surface area (Å²) in [6.07, 6.45) is 0.986. The molecular weight excluding hydrogens is 427 g/mol. The Hall–Kier alpha value is -3.72. The highest BCUT2D eigenvalue weighted by Crippen LogP contribution is 2.38. The summed E-state index contributed by atoms with van der Waals surface area (Å²) in [5, 5.41) is 19.0. The van der Waals surface area contributed by atoms with Gasteiger partial charge in [0.15, 0.2) is 21.4 Å². The van der Waals surface area contributed by atoms with Gasteiger partial charge in [-0.1, -0.05) is 12.1 Å². The second kappa shape index (κ2) is 8.19. The standard InChI is InChI=1S/C22H17FO7S/c1-12-9-15(17(22(26)27)11-14(12)21(24)25)16-10-13(31(2,28)29)7-8-19(16)30-20-6-4-3-5-18(20)23/h3-11H,1-2H3,(H,24,25)(H,26,27). The van der Waals surface area contributed by atoms with Gasteiger partial charge in [0.25, 0.3) is 0 Å². The monoisotopic (exact) mass is 444 g/mol. The zero-order valence-corrected chi connectivity index (χ0v) is 17.2. The van der Waals surface area contributed by atoms with Crippen molar-refractivity contribution in [1.82, 2.24) is 0 Å². The molecule has 2 N–H and O–H groups in total. The highest BCUT2D eigenvalue weighted by Gasteiger charge is 2.22. The third kappa shape index (κ3) is 4.56. The Labute approximate surface area is 177 Å². The van der Waals surface area contributed by atoms with Gasteiger partial charge in [0.1, 0.15) is 5.75 Å². The van der Waals surface area contributed by atoms with Crippen LogP contribution < -0.4 is 4.74 Å². The van der Waals surface area contributed by atoms with Gasteiger partial charge >= 0.3 is 11.9 Å². The number of halogens is 1. The van der Waals surface area contributed by atoms with Crippen molar-refractivity contribution >= 4 is 21.8 Å². The number of aromatic carboxylic acids is 2. The number of rotatable bonds is 6. The molecule has 0 unspecified atom stereocenters. The Bertz CT molecular complexity index is 1310. The Morgan fingerprint density at radius 2 is 1.52 bits per heavy atom. The maximum atomic E-state index is 14.1. The van der Waals surface area contributed by atoms with Crippen LogP contribution in [-0.4, -0.2) is 36.8 Å². The average molecular weight is 444 g/mol. The SMILES string of the molecule is Cc1cc(-c2cc(S(C)(=O)=O)ccc2Oc2ccccc2F)c(C(=O)O)cc1C(=O)O. The van der Waals surface area contributed by atoms with E-state index in [0.717, 1.165) is 12.3 Å². The number of ether oxygens (including phenoxy) is 1. The first-order valence-corrected chi connectivity index (χ1v) is 10.8. The third-order valence-electron chi connectivity index (χ3n) is 4.55. The van der Waals surface area contributed by atoms with Crippen LogP contribution in [-0.2, 0) is 9.84 Å². The van der Waals surface area contributed by atoms with Crippen LogP contribution in [0.5, 0.6) is 11.5 Å². The first kappa shape index (κ1) is 22.0. The summed E-state index contributed by atoms with van der Waals surface area (Å²) in [5.74, 6) is -3.54. The molecule has 3 rings (SSSR count). The molecule has 0 radical (unpaired) electrons. The second-order valence-electron chi connectivity index (χ2n) is 6.79. The largest absolute Gasteiger partial charge is 0.478 e. The Morgan fingerprint density at radius 3 is 2.10 bits per heavy atom. The molecule has 3 aromatic rings. The van der Waals surface area contributed by atoms with Crippen molar-refractivity contribution in [2.45, 2.75) is 11.8 Å². The van der Waals surface area contributed by atoms with E-state index in [1.807, 2.05) is 0 Å². The molecule has 31 heavy (non-hydrogen) atoms. The molecular formula is C22H17FO7S. The van der Waals surface area contributed by atoms with Gasteiger partial charge in [-0.15, -0.1) is 0 Å². The summed E-state index contributed by atoms with van der Waals surface area (Å²) in [6.45, 7) is 1.48. The van der Waals surface area contributed by atoms with Gasteiger partial charge in [0.2, 0.25) is 0 Å². The second-order valence-corrected chi connectivity index (χ2v) is 8.80. The number of sulfone groups is 1. The lowest BCUT2D eigenvalue weighted by Gasteiger charge is -2.16. The summed E-state index contributed by atoms with van der Waals surface area (Å²) in [5.41, 5.74) is -0.228. The lowest BCUT2D eigenvalue weighted by Crippen LogP contribution is -2.07. The van der Waals surface area contributed by atoms with Crippen LogP contribution in [0.1, 0.15) is 26.3 Å². The van der Waals surface area contributed by atoms with E-state index in [2.05, 4.69) is 0 Å². The van der Waals surface area contributed by atoms with Gasteiger partial charge < -0.3 is 14.9 Å². The van der Waals surface area contributed by atoms with Crippen molar-refractivity contribution in [2.75, 3.05) is 6.26 Å². The summed E-state index contributed by atoms with van der Waals surface area (Å²) >= 11 is 0. The predicted octanol–water partition coefficient (Wildman–Crippen LogP) is 4.39. The molecule has 0 aromatic heterocycles. The molecule has 7 nitrogen and oxygen atoms in total. The molecule has 0 aliphatic rings. The number of carbonyl (C=O) groups is 2. The summed E-state index contributed by atoms with van der Waals surface area (Å²) < 4.78 is 43.9. The van der Waals surface area contributed by atoms with Crippen LogP contribution in [0.25, 0.3) is 11.1 Å². The maximum Gasteiger partial charge on any atom is 0.336 e.